The Kier molecular flexibility index (Phi) is 6.55. The molecular formula is C25H24N4O2S2. The van der Waals surface area contributed by atoms with Gasteiger partial charge in [0.05, 0.1) is 24.2 Å². The molecule has 0 saturated heterocycles. The fourth-order valence-electron chi connectivity index (χ4n) is 3.85. The maximum atomic E-state index is 13.3. The van der Waals surface area contributed by atoms with E-state index >= 15 is 0 Å². The fraction of sp³-hybridized carbons (Fsp3) is 0.240. The lowest BCUT2D eigenvalue weighted by Crippen LogP contribution is -2.33. The van der Waals surface area contributed by atoms with Crippen molar-refractivity contribution in [2.75, 3.05) is 17.2 Å². The van der Waals surface area contributed by atoms with Crippen LogP contribution in [0.2, 0.25) is 0 Å². The van der Waals surface area contributed by atoms with Gasteiger partial charge in [-0.25, -0.2) is 0 Å². The quantitative estimate of drug-likeness (QED) is 0.338. The minimum absolute atomic E-state index is 0.0796. The Labute approximate surface area is 201 Å². The summed E-state index contributed by atoms with van der Waals surface area (Å²) in [5, 5.41) is 10.0. The number of carbonyl (C=O) groups excluding carboxylic acids is 1. The van der Waals surface area contributed by atoms with Crippen molar-refractivity contribution in [3.63, 3.8) is 0 Å². The van der Waals surface area contributed by atoms with Crippen molar-refractivity contribution in [2.45, 2.75) is 35.2 Å². The summed E-state index contributed by atoms with van der Waals surface area (Å²) in [6.45, 7) is 3.44. The first-order valence-electron chi connectivity index (χ1n) is 10.9. The van der Waals surface area contributed by atoms with Crippen molar-refractivity contribution in [3.8, 4) is 11.4 Å². The molecule has 0 fully saturated rings. The second kappa shape index (κ2) is 9.89. The fourth-order valence-corrected chi connectivity index (χ4v) is 5.77. The number of hydrogen-bond acceptors (Lipinski definition) is 6. The van der Waals surface area contributed by atoms with Gasteiger partial charge in [-0.2, -0.15) is 0 Å². The van der Waals surface area contributed by atoms with Crippen molar-refractivity contribution in [3.05, 3.63) is 78.8 Å². The van der Waals surface area contributed by atoms with E-state index in [0.29, 0.717) is 22.7 Å². The number of carbonyl (C=O) groups is 1. The van der Waals surface area contributed by atoms with Crippen molar-refractivity contribution in [2.24, 2.45) is 0 Å². The molecule has 33 heavy (non-hydrogen) atoms. The van der Waals surface area contributed by atoms with Gasteiger partial charge < -0.3 is 9.32 Å². The summed E-state index contributed by atoms with van der Waals surface area (Å²) in [7, 11) is 0. The van der Waals surface area contributed by atoms with Gasteiger partial charge in [0.25, 0.3) is 0 Å². The average Bonchev–Trinajstić information content (AvgIpc) is 3.46. The summed E-state index contributed by atoms with van der Waals surface area (Å²) in [6.07, 6.45) is 2.62. The van der Waals surface area contributed by atoms with Gasteiger partial charge in [0.15, 0.2) is 11.0 Å². The molecule has 0 unspecified atom stereocenters. The predicted molar refractivity (Wildman–Crippen MR) is 133 cm³/mol. The maximum absolute atomic E-state index is 13.3. The standard InChI is InChI=1S/C25H24N4O2S2/c1-18-13-14-28(21-11-5-6-12-22(21)33-18)23(30)17-32-25-27-26-24(19-8-3-2-4-9-19)29(25)16-20-10-7-15-31-20/h2-12,15,18H,13-14,16-17H2,1H3/t18-/m0/s1. The SMILES string of the molecule is C[C@H]1CCN(C(=O)CSc2nnc(-c3ccccc3)n2Cc2ccco2)c2ccccc2S1. The van der Waals surface area contributed by atoms with Gasteiger partial charge in [0, 0.05) is 22.3 Å². The van der Waals surface area contributed by atoms with Gasteiger partial charge in [-0.05, 0) is 30.7 Å². The highest BCUT2D eigenvalue weighted by atomic mass is 32.2. The summed E-state index contributed by atoms with van der Waals surface area (Å²) in [5.41, 5.74) is 1.97. The number of rotatable bonds is 6. The molecular weight excluding hydrogens is 452 g/mol. The summed E-state index contributed by atoms with van der Waals surface area (Å²) in [6, 6.07) is 21.9. The van der Waals surface area contributed by atoms with Crippen LogP contribution in [0.5, 0.6) is 0 Å². The number of para-hydroxylation sites is 1. The third kappa shape index (κ3) is 4.86. The van der Waals surface area contributed by atoms with Crippen LogP contribution in [0.3, 0.4) is 0 Å². The molecule has 1 aliphatic heterocycles. The Morgan fingerprint density at radius 2 is 1.91 bits per heavy atom. The van der Waals surface area contributed by atoms with Gasteiger partial charge >= 0.3 is 0 Å². The Morgan fingerprint density at radius 1 is 1.09 bits per heavy atom. The second-order valence-electron chi connectivity index (χ2n) is 7.86. The van der Waals surface area contributed by atoms with Crippen molar-refractivity contribution in [1.82, 2.24) is 14.8 Å². The second-order valence-corrected chi connectivity index (χ2v) is 10.3. The molecule has 0 N–H and O–H groups in total. The lowest BCUT2D eigenvalue weighted by Gasteiger charge is -2.22. The van der Waals surface area contributed by atoms with Crippen LogP contribution in [0, 0.1) is 0 Å². The zero-order valence-electron chi connectivity index (χ0n) is 18.3. The Bertz CT molecular complexity index is 1220. The van der Waals surface area contributed by atoms with Gasteiger partial charge in [-0.15, -0.1) is 22.0 Å². The highest BCUT2D eigenvalue weighted by molar-refractivity contribution is 8.00. The number of amides is 1. The van der Waals surface area contributed by atoms with E-state index in [9.17, 15) is 4.79 Å². The summed E-state index contributed by atoms with van der Waals surface area (Å²) < 4.78 is 7.59. The first kappa shape index (κ1) is 21.9. The third-order valence-corrected chi connectivity index (χ3v) is 7.70. The van der Waals surface area contributed by atoms with Crippen molar-refractivity contribution >= 4 is 35.1 Å². The number of thioether (sulfide) groups is 2. The molecule has 0 spiro atoms. The first-order valence-corrected chi connectivity index (χ1v) is 12.8. The smallest absolute Gasteiger partial charge is 0.237 e. The molecule has 1 atom stereocenters. The zero-order valence-corrected chi connectivity index (χ0v) is 19.9. The lowest BCUT2D eigenvalue weighted by atomic mass is 10.2. The number of aromatic nitrogens is 3. The number of hydrogen-bond donors (Lipinski definition) is 0. The van der Waals surface area contributed by atoms with E-state index < -0.39 is 0 Å². The average molecular weight is 477 g/mol. The predicted octanol–water partition coefficient (Wildman–Crippen LogP) is 5.60. The highest BCUT2D eigenvalue weighted by Gasteiger charge is 2.25. The summed E-state index contributed by atoms with van der Waals surface area (Å²) in [5.74, 6) is 1.94. The Morgan fingerprint density at radius 3 is 2.73 bits per heavy atom. The topological polar surface area (TPSA) is 64.2 Å². The van der Waals surface area contributed by atoms with E-state index in [1.165, 1.54) is 11.8 Å². The van der Waals surface area contributed by atoms with Gasteiger partial charge in [-0.3, -0.25) is 9.36 Å². The molecule has 1 aliphatic rings. The molecule has 5 rings (SSSR count). The van der Waals surface area contributed by atoms with Crippen LogP contribution in [0.1, 0.15) is 19.1 Å². The molecule has 0 bridgehead atoms. The number of nitrogens with zero attached hydrogens (tertiary/aromatic N) is 4. The van der Waals surface area contributed by atoms with Crippen LogP contribution in [-0.2, 0) is 11.3 Å². The molecule has 1 amide bonds. The number of fused-ring (bicyclic) bond motifs is 1. The minimum Gasteiger partial charge on any atom is -0.467 e. The highest BCUT2D eigenvalue weighted by Crippen LogP contribution is 2.37. The largest absolute Gasteiger partial charge is 0.467 e. The van der Waals surface area contributed by atoms with E-state index in [4.69, 9.17) is 4.42 Å². The van der Waals surface area contributed by atoms with Crippen LogP contribution < -0.4 is 4.90 Å². The maximum Gasteiger partial charge on any atom is 0.237 e. The third-order valence-electron chi connectivity index (χ3n) is 5.51. The van der Waals surface area contributed by atoms with Gasteiger partial charge in [0.2, 0.25) is 5.91 Å². The molecule has 2 aromatic heterocycles. The normalized spacial score (nSPS) is 15.8. The minimum atomic E-state index is 0.0796. The molecule has 8 heteroatoms. The van der Waals surface area contributed by atoms with Gasteiger partial charge in [0.1, 0.15) is 5.76 Å². The monoisotopic (exact) mass is 476 g/mol. The number of benzene rings is 2. The molecule has 3 heterocycles. The van der Waals surface area contributed by atoms with E-state index in [-0.39, 0.29) is 5.91 Å². The molecule has 168 valence electrons. The first-order chi connectivity index (χ1) is 16.2. The van der Waals surface area contributed by atoms with Crippen LogP contribution in [0.4, 0.5) is 5.69 Å². The van der Waals surface area contributed by atoms with Crippen LogP contribution in [-0.4, -0.2) is 38.2 Å². The zero-order chi connectivity index (χ0) is 22.6. The number of furan rings is 1. The van der Waals surface area contributed by atoms with Gasteiger partial charge in [-0.1, -0.05) is 61.2 Å². The molecule has 0 aliphatic carbocycles. The summed E-state index contributed by atoms with van der Waals surface area (Å²) >= 11 is 3.25. The molecule has 0 radical (unpaired) electrons. The van der Waals surface area contributed by atoms with Crippen molar-refractivity contribution in [1.29, 1.82) is 0 Å². The molecule has 0 saturated carbocycles. The molecule has 6 nitrogen and oxygen atoms in total. The van der Waals surface area contributed by atoms with Crippen molar-refractivity contribution < 1.29 is 9.21 Å². The van der Waals surface area contributed by atoms with Crippen LogP contribution in [0.15, 0.2) is 87.5 Å². The summed E-state index contributed by atoms with van der Waals surface area (Å²) in [4.78, 5) is 16.4. The molecule has 2 aromatic carbocycles. The van der Waals surface area contributed by atoms with Crippen LogP contribution in [0.25, 0.3) is 11.4 Å². The van der Waals surface area contributed by atoms with Crippen LogP contribution >= 0.6 is 23.5 Å². The van der Waals surface area contributed by atoms with E-state index in [1.807, 2.05) is 81.9 Å². The van der Waals surface area contributed by atoms with E-state index in [2.05, 4.69) is 23.2 Å². The number of anilines is 1. The Balaban J connectivity index is 1.38. The van der Waals surface area contributed by atoms with E-state index in [1.54, 1.807) is 6.26 Å². The lowest BCUT2D eigenvalue weighted by molar-refractivity contribution is -0.116. The molecule has 4 aromatic rings. The van der Waals surface area contributed by atoms with E-state index in [0.717, 1.165) is 40.7 Å². The Hall–Kier alpha value is -2.97.